The van der Waals surface area contributed by atoms with E-state index in [2.05, 4.69) is 12.6 Å². The molecule has 0 aromatic heterocycles. The summed E-state index contributed by atoms with van der Waals surface area (Å²) in [7, 11) is -5.09. The summed E-state index contributed by atoms with van der Waals surface area (Å²) >= 11 is 4.29. The average Bonchev–Trinajstić information content (AvgIpc) is 2.86. The summed E-state index contributed by atoms with van der Waals surface area (Å²) in [5.74, 6) is 0. The monoisotopic (exact) mass is 624 g/mol. The quantitative estimate of drug-likeness (QED) is 0.416. The van der Waals surface area contributed by atoms with Gasteiger partial charge in [-0.3, -0.25) is 0 Å². The van der Waals surface area contributed by atoms with Gasteiger partial charge >= 0.3 is 6.18 Å². The van der Waals surface area contributed by atoms with Crippen LogP contribution in [-0.2, 0) is 25.8 Å². The van der Waals surface area contributed by atoms with Gasteiger partial charge in [0.2, 0.25) is 10.0 Å². The first-order chi connectivity index (χ1) is 18.3. The van der Waals surface area contributed by atoms with E-state index >= 15 is 0 Å². The number of benzene rings is 2. The maximum Gasteiger partial charge on any atom is 0.421 e. The lowest BCUT2D eigenvalue weighted by molar-refractivity contribution is -0.258. The zero-order chi connectivity index (χ0) is 30.3. The van der Waals surface area contributed by atoms with Crippen LogP contribution in [0.2, 0.25) is 0 Å². The van der Waals surface area contributed by atoms with Crippen molar-refractivity contribution >= 4 is 38.5 Å². The van der Waals surface area contributed by atoms with E-state index in [4.69, 9.17) is 0 Å². The van der Waals surface area contributed by atoms with Crippen molar-refractivity contribution in [1.82, 2.24) is 12.9 Å². The van der Waals surface area contributed by atoms with E-state index in [9.17, 15) is 35.1 Å². The standard InChI is InChI=1S/C25H35F3N4O5S3/c1-18(2)32(40(36,37)29(4)5)17-21-16-30(39(34,35)23-9-7-6-8-22(23)38)14-15-31(21)20-12-10-19(11-13-20)24(3,33)25(26,27)28/h6-13,18,21,33,38H,14-17H2,1-5H3/t21-,24+/m1/s1. The summed E-state index contributed by atoms with van der Waals surface area (Å²) in [5.41, 5.74) is -2.96. The van der Waals surface area contributed by atoms with Crippen molar-refractivity contribution in [1.29, 1.82) is 0 Å². The number of thiol groups is 1. The molecule has 1 aliphatic rings. The van der Waals surface area contributed by atoms with Gasteiger partial charge in [0.1, 0.15) is 0 Å². The number of aliphatic hydroxyl groups is 1. The lowest BCUT2D eigenvalue weighted by Gasteiger charge is -2.44. The molecule has 0 radical (unpaired) electrons. The van der Waals surface area contributed by atoms with E-state index < -0.39 is 44.1 Å². The Labute approximate surface area is 239 Å². The molecule has 0 amide bonds. The van der Waals surface area contributed by atoms with Crippen LogP contribution >= 0.6 is 12.6 Å². The molecule has 2 aromatic carbocycles. The highest BCUT2D eigenvalue weighted by atomic mass is 32.2. The maximum atomic E-state index is 13.6. The molecular weight excluding hydrogens is 589 g/mol. The Hall–Kier alpha value is -1.88. The smallest absolute Gasteiger partial charge is 0.376 e. The number of piperazine rings is 1. The van der Waals surface area contributed by atoms with Crippen LogP contribution in [0, 0.1) is 0 Å². The summed E-state index contributed by atoms with van der Waals surface area (Å²) in [5, 5.41) is 10.1. The number of hydrogen-bond acceptors (Lipinski definition) is 7. The number of anilines is 1. The fourth-order valence-electron chi connectivity index (χ4n) is 4.49. The van der Waals surface area contributed by atoms with Crippen LogP contribution in [0.1, 0.15) is 26.3 Å². The zero-order valence-electron chi connectivity index (χ0n) is 22.9. The molecule has 9 nitrogen and oxygen atoms in total. The Bertz CT molecular complexity index is 1400. The molecule has 0 unspecified atom stereocenters. The van der Waals surface area contributed by atoms with Gasteiger partial charge in [-0.2, -0.15) is 34.5 Å². The lowest BCUT2D eigenvalue weighted by atomic mass is 9.95. The molecule has 224 valence electrons. The number of halogens is 3. The van der Waals surface area contributed by atoms with Gasteiger partial charge in [-0.15, -0.1) is 12.6 Å². The van der Waals surface area contributed by atoms with Crippen molar-refractivity contribution in [3.63, 3.8) is 0 Å². The Morgan fingerprint density at radius 2 is 1.60 bits per heavy atom. The highest BCUT2D eigenvalue weighted by Gasteiger charge is 2.51. The molecule has 1 saturated heterocycles. The molecule has 1 heterocycles. The third kappa shape index (κ3) is 6.45. The van der Waals surface area contributed by atoms with E-state index in [-0.39, 0.29) is 41.5 Å². The van der Waals surface area contributed by atoms with Crippen LogP contribution in [0.5, 0.6) is 0 Å². The maximum absolute atomic E-state index is 13.6. The van der Waals surface area contributed by atoms with Crippen molar-refractivity contribution in [3.8, 4) is 0 Å². The summed E-state index contributed by atoms with van der Waals surface area (Å²) in [6.45, 7) is 4.09. The molecule has 0 bridgehead atoms. The van der Waals surface area contributed by atoms with Gasteiger partial charge in [-0.25, -0.2) is 8.42 Å². The first-order valence-electron chi connectivity index (χ1n) is 12.5. The molecule has 0 saturated carbocycles. The van der Waals surface area contributed by atoms with Crippen LogP contribution in [-0.4, -0.2) is 93.4 Å². The molecule has 40 heavy (non-hydrogen) atoms. The second-order valence-electron chi connectivity index (χ2n) is 10.2. The summed E-state index contributed by atoms with van der Waals surface area (Å²) < 4.78 is 97.1. The average molecular weight is 625 g/mol. The first kappa shape index (κ1) is 32.6. The minimum absolute atomic E-state index is 0.0193. The molecule has 1 N–H and O–H groups in total. The fraction of sp³-hybridized carbons (Fsp3) is 0.520. The van der Waals surface area contributed by atoms with Gasteiger partial charge in [-0.05, 0) is 50.6 Å². The predicted molar refractivity (Wildman–Crippen MR) is 150 cm³/mol. The zero-order valence-corrected chi connectivity index (χ0v) is 25.4. The minimum atomic E-state index is -4.89. The topological polar surface area (TPSA) is 101 Å². The largest absolute Gasteiger partial charge is 0.421 e. The van der Waals surface area contributed by atoms with Gasteiger partial charge in [0.05, 0.1) is 10.9 Å². The molecule has 1 aliphatic heterocycles. The number of hydrogen-bond donors (Lipinski definition) is 2. The highest BCUT2D eigenvalue weighted by molar-refractivity contribution is 7.90. The van der Waals surface area contributed by atoms with E-state index in [1.54, 1.807) is 36.9 Å². The molecule has 0 spiro atoms. The molecule has 0 aliphatic carbocycles. The second kappa shape index (κ2) is 11.8. The van der Waals surface area contributed by atoms with Crippen molar-refractivity contribution in [2.24, 2.45) is 0 Å². The Morgan fingerprint density at radius 1 is 1.02 bits per heavy atom. The van der Waals surface area contributed by atoms with E-state index in [1.165, 1.54) is 40.9 Å². The Kier molecular flexibility index (Phi) is 9.61. The number of nitrogens with zero attached hydrogens (tertiary/aromatic N) is 4. The minimum Gasteiger partial charge on any atom is -0.376 e. The lowest BCUT2D eigenvalue weighted by Crippen LogP contribution is -2.60. The third-order valence-electron chi connectivity index (χ3n) is 6.97. The fourth-order valence-corrected chi connectivity index (χ4v) is 7.86. The molecule has 3 rings (SSSR count). The van der Waals surface area contributed by atoms with Gasteiger partial charge < -0.3 is 10.0 Å². The van der Waals surface area contributed by atoms with Crippen LogP contribution in [0.25, 0.3) is 0 Å². The second-order valence-corrected chi connectivity index (χ2v) is 14.7. The Balaban J connectivity index is 2.03. The normalized spacial score (nSPS) is 19.4. The summed E-state index contributed by atoms with van der Waals surface area (Å²) in [6, 6.07) is 10.2. The molecular formula is C25H35F3N4O5S3. The van der Waals surface area contributed by atoms with Crippen LogP contribution in [0.3, 0.4) is 0 Å². The van der Waals surface area contributed by atoms with Crippen molar-refractivity contribution in [2.75, 3.05) is 45.2 Å². The van der Waals surface area contributed by atoms with Gasteiger partial charge in [0.15, 0.2) is 5.60 Å². The van der Waals surface area contributed by atoms with Crippen molar-refractivity contribution in [3.05, 3.63) is 54.1 Å². The number of alkyl halides is 3. The molecule has 15 heteroatoms. The molecule has 2 atom stereocenters. The third-order valence-corrected chi connectivity index (χ3v) is 11.5. The van der Waals surface area contributed by atoms with Gasteiger partial charge in [-0.1, -0.05) is 24.3 Å². The predicted octanol–water partition coefficient (Wildman–Crippen LogP) is 3.14. The van der Waals surface area contributed by atoms with E-state index in [0.717, 1.165) is 16.4 Å². The SMILES string of the molecule is CC(C)N(C[C@H]1CN(S(=O)(=O)c2ccccc2S)CCN1c1ccc([C@](C)(O)C(F)(F)F)cc1)S(=O)(=O)N(C)C. The van der Waals surface area contributed by atoms with E-state index in [0.29, 0.717) is 12.6 Å². The van der Waals surface area contributed by atoms with E-state index in [1.807, 2.05) is 0 Å². The summed E-state index contributed by atoms with van der Waals surface area (Å²) in [6.07, 6.45) is -4.89. The van der Waals surface area contributed by atoms with Gasteiger partial charge in [0, 0.05) is 56.9 Å². The van der Waals surface area contributed by atoms with Crippen molar-refractivity contribution < 1.29 is 35.1 Å². The molecule has 1 fully saturated rings. The van der Waals surface area contributed by atoms with Gasteiger partial charge in [0.25, 0.3) is 10.2 Å². The van der Waals surface area contributed by atoms with Crippen LogP contribution in [0.4, 0.5) is 18.9 Å². The van der Waals surface area contributed by atoms with Crippen molar-refractivity contribution in [2.45, 2.75) is 54.4 Å². The summed E-state index contributed by atoms with van der Waals surface area (Å²) in [4.78, 5) is 2.07. The highest BCUT2D eigenvalue weighted by Crippen LogP contribution is 2.39. The van der Waals surface area contributed by atoms with Crippen LogP contribution < -0.4 is 4.90 Å². The Morgan fingerprint density at radius 3 is 2.10 bits per heavy atom. The number of sulfonamides is 1. The molecule has 2 aromatic rings. The van der Waals surface area contributed by atoms with Crippen LogP contribution in [0.15, 0.2) is 58.3 Å². The first-order valence-corrected chi connectivity index (χ1v) is 15.7. The number of rotatable bonds is 9.